The normalized spacial score (nSPS) is 11.9. The summed E-state index contributed by atoms with van der Waals surface area (Å²) in [5, 5.41) is 2.65. The largest absolute Gasteiger partial charge is 0.490 e. The van der Waals surface area contributed by atoms with Gasteiger partial charge in [-0.15, -0.1) is 0 Å². The smallest absolute Gasteiger partial charge is 0.407 e. The summed E-state index contributed by atoms with van der Waals surface area (Å²) < 4.78 is 24.0. The molecule has 1 atom stereocenters. The Labute approximate surface area is 135 Å². The van der Waals surface area contributed by atoms with Crippen molar-refractivity contribution < 1.29 is 18.7 Å². The number of hydrogen-bond donors (Lipinski definition) is 2. The minimum atomic E-state index is -0.653. The van der Waals surface area contributed by atoms with E-state index in [-0.39, 0.29) is 23.2 Å². The SMILES string of the molecule is COc1c(N)ncc(C#CC[C@H](C)NC(=O)OC(C)(C)C)c1F. The van der Waals surface area contributed by atoms with Crippen LogP contribution >= 0.6 is 0 Å². The molecule has 1 aromatic heterocycles. The van der Waals surface area contributed by atoms with E-state index in [1.807, 2.05) is 0 Å². The first-order valence-corrected chi connectivity index (χ1v) is 7.10. The number of hydrogen-bond acceptors (Lipinski definition) is 5. The second kappa shape index (κ2) is 7.68. The van der Waals surface area contributed by atoms with Crippen molar-refractivity contribution in [1.82, 2.24) is 10.3 Å². The quantitative estimate of drug-likeness (QED) is 0.835. The molecule has 0 fully saturated rings. The number of ether oxygens (including phenoxy) is 2. The molecule has 0 aliphatic carbocycles. The topological polar surface area (TPSA) is 86.5 Å². The van der Waals surface area contributed by atoms with Crippen LogP contribution < -0.4 is 15.8 Å². The molecule has 0 radical (unpaired) electrons. The number of carbonyl (C=O) groups excluding carboxylic acids is 1. The molecule has 0 spiro atoms. The van der Waals surface area contributed by atoms with Crippen molar-refractivity contribution in [3.63, 3.8) is 0 Å². The Balaban J connectivity index is 2.66. The summed E-state index contributed by atoms with van der Waals surface area (Å²) in [5.41, 5.74) is 5.02. The molecule has 1 amide bonds. The Hall–Kier alpha value is -2.49. The predicted molar refractivity (Wildman–Crippen MR) is 85.5 cm³/mol. The van der Waals surface area contributed by atoms with Gasteiger partial charge >= 0.3 is 6.09 Å². The predicted octanol–water partition coefficient (Wildman–Crippen LogP) is 2.47. The second-order valence-electron chi connectivity index (χ2n) is 5.96. The number of pyridine rings is 1. The number of anilines is 1. The minimum absolute atomic E-state index is 0.0319. The van der Waals surface area contributed by atoms with E-state index in [1.165, 1.54) is 13.3 Å². The lowest BCUT2D eigenvalue weighted by Crippen LogP contribution is -2.37. The first-order chi connectivity index (χ1) is 10.6. The maximum absolute atomic E-state index is 14.0. The lowest BCUT2D eigenvalue weighted by atomic mass is 10.2. The number of nitrogens with two attached hydrogens (primary N) is 1. The summed E-state index contributed by atoms with van der Waals surface area (Å²) in [6.07, 6.45) is 1.05. The second-order valence-corrected chi connectivity index (χ2v) is 5.96. The molecule has 0 saturated heterocycles. The number of halogens is 1. The molecule has 0 bridgehead atoms. The fourth-order valence-corrected chi connectivity index (χ4v) is 1.62. The highest BCUT2D eigenvalue weighted by atomic mass is 19.1. The van der Waals surface area contributed by atoms with E-state index in [4.69, 9.17) is 15.2 Å². The molecule has 6 nitrogen and oxygen atoms in total. The number of rotatable bonds is 3. The molecule has 1 heterocycles. The Morgan fingerprint density at radius 2 is 2.17 bits per heavy atom. The first-order valence-electron chi connectivity index (χ1n) is 7.10. The molecule has 0 unspecified atom stereocenters. The van der Waals surface area contributed by atoms with Crippen LogP contribution in [0.25, 0.3) is 0 Å². The molecule has 7 heteroatoms. The van der Waals surface area contributed by atoms with Crippen LogP contribution in [0.3, 0.4) is 0 Å². The van der Waals surface area contributed by atoms with Crippen molar-refractivity contribution in [3.8, 4) is 17.6 Å². The molecule has 23 heavy (non-hydrogen) atoms. The maximum Gasteiger partial charge on any atom is 0.407 e. The van der Waals surface area contributed by atoms with Crippen molar-refractivity contribution in [2.45, 2.75) is 45.8 Å². The van der Waals surface area contributed by atoms with Gasteiger partial charge in [0.05, 0.1) is 12.7 Å². The van der Waals surface area contributed by atoms with E-state index < -0.39 is 17.5 Å². The third kappa shape index (κ3) is 6.02. The molecule has 1 aromatic rings. The molecule has 126 valence electrons. The molecule has 3 N–H and O–H groups in total. The van der Waals surface area contributed by atoms with Crippen LogP contribution in [0.5, 0.6) is 5.75 Å². The van der Waals surface area contributed by atoms with Crippen LogP contribution in [-0.2, 0) is 4.74 Å². The van der Waals surface area contributed by atoms with E-state index >= 15 is 0 Å². The van der Waals surface area contributed by atoms with E-state index in [2.05, 4.69) is 22.1 Å². The van der Waals surface area contributed by atoms with Crippen LogP contribution in [0.2, 0.25) is 0 Å². The monoisotopic (exact) mass is 323 g/mol. The van der Waals surface area contributed by atoms with Crippen LogP contribution in [0.4, 0.5) is 15.0 Å². The Kier molecular flexibility index (Phi) is 6.19. The molecule has 0 saturated carbocycles. The number of nitrogens with zero attached hydrogens (tertiary/aromatic N) is 1. The van der Waals surface area contributed by atoms with Crippen molar-refractivity contribution in [3.05, 3.63) is 17.6 Å². The van der Waals surface area contributed by atoms with Gasteiger partial charge < -0.3 is 20.5 Å². The van der Waals surface area contributed by atoms with Gasteiger partial charge in [0.15, 0.2) is 17.4 Å². The lowest BCUT2D eigenvalue weighted by molar-refractivity contribution is 0.0509. The third-order valence-electron chi connectivity index (χ3n) is 2.60. The maximum atomic E-state index is 14.0. The lowest BCUT2D eigenvalue weighted by Gasteiger charge is -2.21. The summed E-state index contributed by atoms with van der Waals surface area (Å²) in [7, 11) is 1.31. The highest BCUT2D eigenvalue weighted by Gasteiger charge is 2.17. The number of aromatic nitrogens is 1. The van der Waals surface area contributed by atoms with Crippen molar-refractivity contribution in [1.29, 1.82) is 0 Å². The van der Waals surface area contributed by atoms with Crippen molar-refractivity contribution in [2.24, 2.45) is 0 Å². The fourth-order valence-electron chi connectivity index (χ4n) is 1.62. The van der Waals surface area contributed by atoms with Crippen LogP contribution in [0.1, 0.15) is 39.7 Å². The fraction of sp³-hybridized carbons (Fsp3) is 0.500. The van der Waals surface area contributed by atoms with Gasteiger partial charge in [0.2, 0.25) is 0 Å². The van der Waals surface area contributed by atoms with E-state index in [0.717, 1.165) is 0 Å². The van der Waals surface area contributed by atoms with E-state index in [1.54, 1.807) is 27.7 Å². The van der Waals surface area contributed by atoms with Gasteiger partial charge in [0, 0.05) is 18.7 Å². The average molecular weight is 323 g/mol. The Morgan fingerprint density at radius 1 is 1.52 bits per heavy atom. The van der Waals surface area contributed by atoms with Crippen LogP contribution in [0.15, 0.2) is 6.20 Å². The number of carbonyl (C=O) groups is 1. The Morgan fingerprint density at radius 3 is 2.74 bits per heavy atom. The number of nitrogens with one attached hydrogen (secondary N) is 1. The highest BCUT2D eigenvalue weighted by molar-refractivity contribution is 5.68. The van der Waals surface area contributed by atoms with Crippen LogP contribution in [-0.4, -0.2) is 29.8 Å². The summed E-state index contributed by atoms with van der Waals surface area (Å²) in [5.74, 6) is 4.62. The summed E-state index contributed by atoms with van der Waals surface area (Å²) >= 11 is 0. The summed E-state index contributed by atoms with van der Waals surface area (Å²) in [6.45, 7) is 7.11. The van der Waals surface area contributed by atoms with Gasteiger partial charge in [-0.2, -0.15) is 0 Å². The molecular formula is C16H22FN3O3. The van der Waals surface area contributed by atoms with Crippen molar-refractivity contribution >= 4 is 11.9 Å². The van der Waals surface area contributed by atoms with Gasteiger partial charge in [-0.25, -0.2) is 14.2 Å². The van der Waals surface area contributed by atoms with E-state index in [0.29, 0.717) is 6.42 Å². The summed E-state index contributed by atoms with van der Waals surface area (Å²) in [6, 6.07) is -0.246. The number of methoxy groups -OCH3 is 1. The van der Waals surface area contributed by atoms with Crippen molar-refractivity contribution in [2.75, 3.05) is 12.8 Å². The van der Waals surface area contributed by atoms with E-state index in [9.17, 15) is 9.18 Å². The molecular weight excluding hydrogens is 301 g/mol. The molecule has 0 aliphatic heterocycles. The first kappa shape index (κ1) is 18.6. The highest BCUT2D eigenvalue weighted by Crippen LogP contribution is 2.24. The van der Waals surface area contributed by atoms with Gasteiger partial charge in [-0.1, -0.05) is 11.8 Å². The number of amides is 1. The number of nitrogen functional groups attached to an aromatic ring is 1. The third-order valence-corrected chi connectivity index (χ3v) is 2.60. The van der Waals surface area contributed by atoms with Crippen LogP contribution in [0, 0.1) is 17.7 Å². The van der Waals surface area contributed by atoms with Gasteiger partial charge in [-0.3, -0.25) is 0 Å². The zero-order valence-corrected chi connectivity index (χ0v) is 14.0. The number of alkyl carbamates (subject to hydrolysis) is 1. The Bertz CT molecular complexity index is 630. The molecule has 1 rings (SSSR count). The standard InChI is InChI=1S/C16H22FN3O3/c1-10(20-15(21)23-16(2,3)4)7-6-8-11-9-19-14(18)13(22-5)12(11)17/h9-10H,7H2,1-5H3,(H2,18,19)(H,20,21)/t10-/m0/s1. The van der Waals surface area contributed by atoms with Gasteiger partial charge in [0.25, 0.3) is 0 Å². The average Bonchev–Trinajstić information content (AvgIpc) is 2.39. The zero-order valence-electron chi connectivity index (χ0n) is 14.0. The molecule has 0 aromatic carbocycles. The van der Waals surface area contributed by atoms with Gasteiger partial charge in [-0.05, 0) is 27.7 Å². The zero-order chi connectivity index (χ0) is 17.6. The van der Waals surface area contributed by atoms with Gasteiger partial charge in [0.1, 0.15) is 5.60 Å². The summed E-state index contributed by atoms with van der Waals surface area (Å²) in [4.78, 5) is 15.4. The minimum Gasteiger partial charge on any atom is -0.490 e. The molecule has 0 aliphatic rings.